The molecule has 84 valence electrons. The zero-order valence-corrected chi connectivity index (χ0v) is 10.3. The first-order chi connectivity index (χ1) is 7.58. The van der Waals surface area contributed by atoms with Gasteiger partial charge in [0.05, 0.1) is 5.25 Å². The molecular formula is C11H11NO2S2. The highest BCUT2D eigenvalue weighted by Crippen LogP contribution is 2.38. The number of aryl methyl sites for hydroxylation is 1. The molecule has 1 aliphatic heterocycles. The van der Waals surface area contributed by atoms with Gasteiger partial charge in [0.2, 0.25) is 0 Å². The Kier molecular flexibility index (Phi) is 3.16. The first-order valence-corrected chi connectivity index (χ1v) is 6.13. The van der Waals surface area contributed by atoms with Crippen molar-refractivity contribution in [3.05, 3.63) is 35.4 Å². The number of thiocarbonyl (C=S) groups is 1. The van der Waals surface area contributed by atoms with E-state index < -0.39 is 12.0 Å². The summed E-state index contributed by atoms with van der Waals surface area (Å²) in [6, 6.07) is 7.25. The summed E-state index contributed by atoms with van der Waals surface area (Å²) in [5.41, 5.74) is 2.16. The Bertz CT molecular complexity index is 430. The van der Waals surface area contributed by atoms with E-state index >= 15 is 0 Å². The van der Waals surface area contributed by atoms with Gasteiger partial charge in [-0.25, -0.2) is 4.79 Å². The van der Waals surface area contributed by atoms with E-state index in [2.05, 4.69) is 5.32 Å². The third-order valence-corrected chi connectivity index (χ3v) is 4.02. The van der Waals surface area contributed by atoms with Gasteiger partial charge in [-0.2, -0.15) is 0 Å². The minimum absolute atomic E-state index is 0.134. The maximum atomic E-state index is 11.1. The van der Waals surface area contributed by atoms with E-state index in [0.717, 1.165) is 11.1 Å². The first kappa shape index (κ1) is 11.4. The highest BCUT2D eigenvalue weighted by atomic mass is 32.2. The molecule has 2 unspecified atom stereocenters. The number of carboxylic acids is 1. The fourth-order valence-corrected chi connectivity index (χ4v) is 3.11. The largest absolute Gasteiger partial charge is 0.480 e. The van der Waals surface area contributed by atoms with Crippen molar-refractivity contribution >= 4 is 34.3 Å². The van der Waals surface area contributed by atoms with E-state index in [1.807, 2.05) is 31.2 Å². The van der Waals surface area contributed by atoms with E-state index in [1.165, 1.54) is 11.8 Å². The predicted octanol–water partition coefficient (Wildman–Crippen LogP) is 2.11. The van der Waals surface area contributed by atoms with Gasteiger partial charge in [0, 0.05) is 0 Å². The molecule has 2 N–H and O–H groups in total. The third-order valence-electron chi connectivity index (χ3n) is 2.48. The van der Waals surface area contributed by atoms with Gasteiger partial charge in [-0.1, -0.05) is 53.8 Å². The molecule has 16 heavy (non-hydrogen) atoms. The molecule has 2 rings (SSSR count). The number of aliphatic carboxylic acids is 1. The van der Waals surface area contributed by atoms with E-state index in [4.69, 9.17) is 17.3 Å². The molecule has 0 aromatic heterocycles. The molecule has 1 heterocycles. The van der Waals surface area contributed by atoms with Crippen LogP contribution in [0, 0.1) is 6.92 Å². The van der Waals surface area contributed by atoms with Gasteiger partial charge in [0.25, 0.3) is 0 Å². The van der Waals surface area contributed by atoms with Crippen molar-refractivity contribution in [3.8, 4) is 0 Å². The van der Waals surface area contributed by atoms with Crippen LogP contribution >= 0.6 is 24.0 Å². The molecule has 0 spiro atoms. The molecule has 1 fully saturated rings. The van der Waals surface area contributed by atoms with Crippen LogP contribution in [0.25, 0.3) is 0 Å². The van der Waals surface area contributed by atoms with Crippen molar-refractivity contribution in [1.82, 2.24) is 5.32 Å². The van der Waals surface area contributed by atoms with Gasteiger partial charge < -0.3 is 10.4 Å². The van der Waals surface area contributed by atoms with Gasteiger partial charge in [0.1, 0.15) is 10.4 Å². The van der Waals surface area contributed by atoms with Crippen LogP contribution in [0.3, 0.4) is 0 Å². The number of benzene rings is 1. The molecule has 1 aromatic carbocycles. The lowest BCUT2D eigenvalue weighted by Gasteiger charge is -2.14. The number of hydrogen-bond acceptors (Lipinski definition) is 3. The molecule has 0 amide bonds. The number of carboxylic acid groups (broad SMARTS) is 1. The van der Waals surface area contributed by atoms with E-state index in [1.54, 1.807) is 0 Å². The maximum Gasteiger partial charge on any atom is 0.327 e. The average molecular weight is 253 g/mol. The Morgan fingerprint density at radius 3 is 2.62 bits per heavy atom. The van der Waals surface area contributed by atoms with Crippen LogP contribution in [0.15, 0.2) is 24.3 Å². The van der Waals surface area contributed by atoms with Gasteiger partial charge in [-0.15, -0.1) is 0 Å². The molecule has 5 heteroatoms. The van der Waals surface area contributed by atoms with Crippen LogP contribution < -0.4 is 5.32 Å². The van der Waals surface area contributed by atoms with Crippen LogP contribution in [-0.4, -0.2) is 21.4 Å². The smallest absolute Gasteiger partial charge is 0.327 e. The second-order valence-corrected chi connectivity index (χ2v) is 5.52. The summed E-state index contributed by atoms with van der Waals surface area (Å²) in [6.45, 7) is 2.00. The summed E-state index contributed by atoms with van der Waals surface area (Å²) < 4.78 is 0.554. The third kappa shape index (κ3) is 2.20. The molecule has 0 radical (unpaired) electrons. The lowest BCUT2D eigenvalue weighted by Crippen LogP contribution is -2.35. The van der Waals surface area contributed by atoms with Gasteiger partial charge in [-0.3, -0.25) is 0 Å². The number of hydrogen-bond donors (Lipinski definition) is 2. The van der Waals surface area contributed by atoms with Crippen LogP contribution in [0.2, 0.25) is 0 Å². The first-order valence-electron chi connectivity index (χ1n) is 4.84. The Balaban J connectivity index is 2.28. The second-order valence-electron chi connectivity index (χ2n) is 3.70. The van der Waals surface area contributed by atoms with Crippen molar-refractivity contribution in [2.75, 3.05) is 0 Å². The lowest BCUT2D eigenvalue weighted by molar-refractivity contribution is -0.138. The van der Waals surface area contributed by atoms with Gasteiger partial charge in [-0.05, 0) is 12.5 Å². The summed E-state index contributed by atoms with van der Waals surface area (Å²) in [5.74, 6) is -0.863. The highest BCUT2D eigenvalue weighted by Gasteiger charge is 2.37. The minimum atomic E-state index is -0.863. The predicted molar refractivity (Wildman–Crippen MR) is 68.7 cm³/mol. The summed E-state index contributed by atoms with van der Waals surface area (Å²) >= 11 is 6.41. The quantitative estimate of drug-likeness (QED) is 0.791. The van der Waals surface area contributed by atoms with Gasteiger partial charge >= 0.3 is 5.97 Å². The number of rotatable bonds is 2. The van der Waals surface area contributed by atoms with Crippen LogP contribution in [0.1, 0.15) is 16.4 Å². The number of thioether (sulfide) groups is 1. The molecule has 1 aliphatic rings. The minimum Gasteiger partial charge on any atom is -0.480 e. The van der Waals surface area contributed by atoms with Crippen molar-refractivity contribution in [3.63, 3.8) is 0 Å². The molecule has 3 nitrogen and oxygen atoms in total. The van der Waals surface area contributed by atoms with E-state index in [0.29, 0.717) is 4.32 Å². The molecule has 0 saturated carbocycles. The Morgan fingerprint density at radius 1 is 1.44 bits per heavy atom. The van der Waals surface area contributed by atoms with Crippen molar-refractivity contribution in [2.24, 2.45) is 0 Å². The van der Waals surface area contributed by atoms with E-state index in [9.17, 15) is 4.79 Å². The molecule has 0 aliphatic carbocycles. The molecular weight excluding hydrogens is 242 g/mol. The summed E-state index contributed by atoms with van der Waals surface area (Å²) in [5, 5.41) is 11.8. The summed E-state index contributed by atoms with van der Waals surface area (Å²) in [4.78, 5) is 11.1. The maximum absolute atomic E-state index is 11.1. The normalized spacial score (nSPS) is 24.2. The van der Waals surface area contributed by atoms with Crippen molar-refractivity contribution < 1.29 is 9.90 Å². The zero-order valence-electron chi connectivity index (χ0n) is 8.64. The monoisotopic (exact) mass is 253 g/mol. The lowest BCUT2D eigenvalue weighted by atomic mass is 10.0. The zero-order chi connectivity index (χ0) is 11.7. The van der Waals surface area contributed by atoms with Crippen LogP contribution in [0.5, 0.6) is 0 Å². The average Bonchev–Trinajstić information content (AvgIpc) is 2.61. The Labute approximate surface area is 103 Å². The number of nitrogens with one attached hydrogen (secondary N) is 1. The SMILES string of the molecule is Cc1ccc(C2SC(=S)NC2C(=O)O)cc1. The molecule has 2 atom stereocenters. The number of carbonyl (C=O) groups is 1. The second kappa shape index (κ2) is 4.43. The highest BCUT2D eigenvalue weighted by molar-refractivity contribution is 8.23. The van der Waals surface area contributed by atoms with Gasteiger partial charge in [0.15, 0.2) is 0 Å². The summed E-state index contributed by atoms with van der Waals surface area (Å²) in [7, 11) is 0. The Morgan fingerprint density at radius 2 is 2.06 bits per heavy atom. The fourth-order valence-electron chi connectivity index (χ4n) is 1.63. The molecule has 1 aromatic rings. The Hall–Kier alpha value is -1.07. The van der Waals surface area contributed by atoms with E-state index in [-0.39, 0.29) is 5.25 Å². The van der Waals surface area contributed by atoms with Crippen molar-refractivity contribution in [2.45, 2.75) is 18.2 Å². The standard InChI is InChI=1S/C11H11NO2S2/c1-6-2-4-7(5-3-6)9-8(10(13)14)12-11(15)16-9/h2-5,8-9H,1H3,(H,12,15)(H,13,14). The van der Waals surface area contributed by atoms with Crippen LogP contribution in [0.4, 0.5) is 0 Å². The summed E-state index contributed by atoms with van der Waals surface area (Å²) in [6.07, 6.45) is 0. The topological polar surface area (TPSA) is 49.3 Å². The molecule has 1 saturated heterocycles. The fraction of sp³-hybridized carbons (Fsp3) is 0.273. The van der Waals surface area contributed by atoms with Crippen molar-refractivity contribution in [1.29, 1.82) is 0 Å². The van der Waals surface area contributed by atoms with Crippen LogP contribution in [-0.2, 0) is 4.79 Å². The molecule has 0 bridgehead atoms.